The Morgan fingerprint density at radius 2 is 2.21 bits per heavy atom. The van der Waals surface area contributed by atoms with Crippen LogP contribution in [-0.4, -0.2) is 39.7 Å². The molecule has 1 atom stereocenters. The number of aryl methyl sites for hydroxylation is 1. The van der Waals surface area contributed by atoms with Gasteiger partial charge in [-0.1, -0.05) is 5.16 Å². The van der Waals surface area contributed by atoms with Gasteiger partial charge >= 0.3 is 0 Å². The molecule has 0 saturated carbocycles. The molecule has 0 amide bonds. The van der Waals surface area contributed by atoms with Crippen molar-refractivity contribution in [3.63, 3.8) is 0 Å². The van der Waals surface area contributed by atoms with Gasteiger partial charge in [0.15, 0.2) is 5.82 Å². The van der Waals surface area contributed by atoms with E-state index in [2.05, 4.69) is 20.0 Å². The van der Waals surface area contributed by atoms with Gasteiger partial charge in [0, 0.05) is 11.9 Å². The lowest BCUT2D eigenvalue weighted by Gasteiger charge is -2.17. The molecule has 1 unspecified atom stereocenters. The number of hydrogen-bond acceptors (Lipinski definition) is 7. The van der Waals surface area contributed by atoms with Crippen molar-refractivity contribution < 1.29 is 4.52 Å². The predicted molar refractivity (Wildman–Crippen MR) is 72.7 cm³/mol. The van der Waals surface area contributed by atoms with Gasteiger partial charge in [-0.25, -0.2) is 4.98 Å². The molecule has 6 nitrogen and oxygen atoms in total. The van der Waals surface area contributed by atoms with Crippen molar-refractivity contribution in [1.29, 1.82) is 0 Å². The summed E-state index contributed by atoms with van der Waals surface area (Å²) >= 11 is 1.56. The summed E-state index contributed by atoms with van der Waals surface area (Å²) in [6.07, 6.45) is 2.50. The molecule has 1 aliphatic rings. The average molecular weight is 279 g/mol. The Hall–Kier alpha value is -1.31. The number of hydrogen-bond donors (Lipinski definition) is 1. The molecule has 0 bridgehead atoms. The topological polar surface area (TPSA) is 81.1 Å². The molecular formula is C12H17N5OS. The Labute approximate surface area is 115 Å². The van der Waals surface area contributed by atoms with E-state index in [-0.39, 0.29) is 6.04 Å². The minimum absolute atomic E-state index is 0.199. The molecule has 0 aromatic carbocycles. The van der Waals surface area contributed by atoms with Crippen molar-refractivity contribution in [3.8, 4) is 11.6 Å². The maximum Gasteiger partial charge on any atom is 0.277 e. The summed E-state index contributed by atoms with van der Waals surface area (Å²) < 4.78 is 5.23. The second kappa shape index (κ2) is 5.36. The van der Waals surface area contributed by atoms with Crippen LogP contribution < -0.4 is 5.73 Å². The van der Waals surface area contributed by atoms with Crippen molar-refractivity contribution in [1.82, 2.24) is 20.0 Å². The van der Waals surface area contributed by atoms with Crippen molar-refractivity contribution in [3.05, 3.63) is 16.2 Å². The van der Waals surface area contributed by atoms with Gasteiger partial charge in [-0.3, -0.25) is 0 Å². The molecule has 1 saturated heterocycles. The van der Waals surface area contributed by atoms with Gasteiger partial charge in [0.25, 0.3) is 5.89 Å². The quantitative estimate of drug-likeness (QED) is 0.915. The third-order valence-electron chi connectivity index (χ3n) is 3.27. The monoisotopic (exact) mass is 279 g/mol. The highest BCUT2D eigenvalue weighted by atomic mass is 32.1. The summed E-state index contributed by atoms with van der Waals surface area (Å²) in [5.41, 5.74) is 6.86. The Balaban J connectivity index is 1.69. The summed E-state index contributed by atoms with van der Waals surface area (Å²) in [5.74, 6) is 1.02. The third kappa shape index (κ3) is 2.83. The zero-order valence-corrected chi connectivity index (χ0v) is 11.7. The highest BCUT2D eigenvalue weighted by Crippen LogP contribution is 2.21. The highest BCUT2D eigenvalue weighted by Gasteiger charge is 2.21. The standard InChI is InChI=1S/C12H17N5OS/c1-8-14-10(7-19-8)12-15-11(16-18-12)9(13)6-17-4-2-3-5-17/h7,9H,2-6,13H2,1H3. The van der Waals surface area contributed by atoms with Gasteiger partial charge in [0.1, 0.15) is 5.69 Å². The maximum atomic E-state index is 6.13. The third-order valence-corrected chi connectivity index (χ3v) is 4.04. The predicted octanol–water partition coefficient (Wildman–Crippen LogP) is 1.60. The van der Waals surface area contributed by atoms with Crippen LogP contribution in [0, 0.1) is 6.92 Å². The van der Waals surface area contributed by atoms with Gasteiger partial charge in [0.05, 0.1) is 11.0 Å². The maximum absolute atomic E-state index is 6.13. The summed E-state index contributed by atoms with van der Waals surface area (Å²) in [6.45, 7) is 4.97. The molecule has 19 heavy (non-hydrogen) atoms. The summed E-state index contributed by atoms with van der Waals surface area (Å²) in [5, 5.41) is 6.87. The first-order valence-electron chi connectivity index (χ1n) is 6.46. The van der Waals surface area contributed by atoms with Crippen molar-refractivity contribution >= 4 is 11.3 Å². The minimum Gasteiger partial charge on any atom is -0.332 e. The first-order valence-corrected chi connectivity index (χ1v) is 7.34. The van der Waals surface area contributed by atoms with Gasteiger partial charge in [-0.05, 0) is 32.9 Å². The fourth-order valence-electron chi connectivity index (χ4n) is 2.28. The number of thiazole rings is 1. The summed E-state index contributed by atoms with van der Waals surface area (Å²) in [6, 6.07) is -0.199. The van der Waals surface area contributed by atoms with Gasteiger partial charge in [-0.2, -0.15) is 4.98 Å². The molecular weight excluding hydrogens is 262 g/mol. The molecule has 3 rings (SSSR count). The molecule has 2 N–H and O–H groups in total. The van der Waals surface area contributed by atoms with E-state index in [1.807, 2.05) is 12.3 Å². The highest BCUT2D eigenvalue weighted by molar-refractivity contribution is 7.09. The normalized spacial score (nSPS) is 18.0. The first kappa shape index (κ1) is 12.7. The van der Waals surface area contributed by atoms with E-state index in [0.29, 0.717) is 11.7 Å². The molecule has 1 aliphatic heterocycles. The smallest absolute Gasteiger partial charge is 0.277 e. The summed E-state index contributed by atoms with van der Waals surface area (Å²) in [7, 11) is 0. The lowest BCUT2D eigenvalue weighted by Crippen LogP contribution is -2.30. The van der Waals surface area contributed by atoms with Crippen molar-refractivity contribution in [2.24, 2.45) is 5.73 Å². The Kier molecular flexibility index (Phi) is 3.58. The van der Waals surface area contributed by atoms with Crippen LogP contribution in [0.3, 0.4) is 0 Å². The van der Waals surface area contributed by atoms with E-state index >= 15 is 0 Å². The van der Waals surface area contributed by atoms with Crippen molar-refractivity contribution in [2.45, 2.75) is 25.8 Å². The van der Waals surface area contributed by atoms with E-state index in [9.17, 15) is 0 Å². The van der Waals surface area contributed by atoms with E-state index in [1.165, 1.54) is 12.8 Å². The Morgan fingerprint density at radius 3 is 2.89 bits per heavy atom. The molecule has 102 valence electrons. The van der Waals surface area contributed by atoms with Crippen molar-refractivity contribution in [2.75, 3.05) is 19.6 Å². The van der Waals surface area contributed by atoms with Crippen LogP contribution >= 0.6 is 11.3 Å². The largest absolute Gasteiger partial charge is 0.332 e. The molecule has 7 heteroatoms. The first-order chi connectivity index (χ1) is 9.22. The van der Waals surface area contributed by atoms with E-state index in [4.69, 9.17) is 10.3 Å². The Bertz CT molecular complexity index is 546. The van der Waals surface area contributed by atoms with E-state index in [0.717, 1.165) is 30.3 Å². The van der Waals surface area contributed by atoms with Crippen LogP contribution in [0.15, 0.2) is 9.90 Å². The molecule has 2 aromatic rings. The van der Waals surface area contributed by atoms with Gasteiger partial charge < -0.3 is 15.2 Å². The average Bonchev–Trinajstić information content (AvgIpc) is 3.07. The lowest BCUT2D eigenvalue weighted by molar-refractivity contribution is 0.306. The second-order valence-electron chi connectivity index (χ2n) is 4.82. The number of rotatable bonds is 4. The molecule has 0 aliphatic carbocycles. The van der Waals surface area contributed by atoms with Crippen LogP contribution in [-0.2, 0) is 0 Å². The summed E-state index contributed by atoms with van der Waals surface area (Å²) in [4.78, 5) is 11.0. The van der Waals surface area contributed by atoms with Crippen LogP contribution in [0.1, 0.15) is 29.7 Å². The number of nitrogens with zero attached hydrogens (tertiary/aromatic N) is 4. The van der Waals surface area contributed by atoms with Crippen LogP contribution in [0.4, 0.5) is 0 Å². The SMILES string of the molecule is Cc1nc(-c2nc(C(N)CN3CCCC3)no2)cs1. The lowest BCUT2D eigenvalue weighted by atomic mass is 10.3. The zero-order chi connectivity index (χ0) is 13.2. The number of likely N-dealkylation sites (tertiary alicyclic amines) is 1. The van der Waals surface area contributed by atoms with Gasteiger partial charge in [-0.15, -0.1) is 11.3 Å². The van der Waals surface area contributed by atoms with Crippen LogP contribution in [0.5, 0.6) is 0 Å². The molecule has 2 aromatic heterocycles. The second-order valence-corrected chi connectivity index (χ2v) is 5.89. The molecule has 3 heterocycles. The number of aromatic nitrogens is 3. The van der Waals surface area contributed by atoms with Crippen LogP contribution in [0.2, 0.25) is 0 Å². The fourth-order valence-corrected chi connectivity index (χ4v) is 2.86. The van der Waals surface area contributed by atoms with Crippen LogP contribution in [0.25, 0.3) is 11.6 Å². The molecule has 1 fully saturated rings. The number of nitrogens with two attached hydrogens (primary N) is 1. The minimum atomic E-state index is -0.199. The molecule has 0 spiro atoms. The fraction of sp³-hybridized carbons (Fsp3) is 0.583. The Morgan fingerprint density at radius 1 is 1.42 bits per heavy atom. The molecule has 0 radical (unpaired) electrons. The van der Waals surface area contributed by atoms with Gasteiger partial charge in [0.2, 0.25) is 0 Å². The van der Waals surface area contributed by atoms with E-state index < -0.39 is 0 Å². The van der Waals surface area contributed by atoms with E-state index in [1.54, 1.807) is 11.3 Å². The zero-order valence-electron chi connectivity index (χ0n) is 10.9.